The maximum atomic E-state index is 12.1. The van der Waals surface area contributed by atoms with E-state index in [1.165, 1.54) is 0 Å². The van der Waals surface area contributed by atoms with Crippen LogP contribution in [0.25, 0.3) is 0 Å². The molecule has 2 atom stereocenters. The highest BCUT2D eigenvalue weighted by molar-refractivity contribution is 7.92. The van der Waals surface area contributed by atoms with Crippen LogP contribution in [0.4, 0.5) is 0 Å². The summed E-state index contributed by atoms with van der Waals surface area (Å²) >= 11 is 0. The Bertz CT molecular complexity index is 607. The van der Waals surface area contributed by atoms with Gasteiger partial charge in [0.05, 0.1) is 23.1 Å². The zero-order chi connectivity index (χ0) is 13.6. The molecule has 0 aromatic carbocycles. The standard InChI is InChI=1S/C12H16N2O4S/c1-8-4-10(18-13-8)5-12(15)14-6-9-2-3-19(16,17)11(9)7-14/h4,9,11H,2-3,5-7H2,1H3/t9-,11+/m0/s1. The lowest BCUT2D eigenvalue weighted by molar-refractivity contribution is -0.129. The molecule has 0 radical (unpaired) electrons. The van der Waals surface area contributed by atoms with Gasteiger partial charge in [-0.2, -0.15) is 0 Å². The fourth-order valence-corrected chi connectivity index (χ4v) is 5.11. The largest absolute Gasteiger partial charge is 0.361 e. The lowest BCUT2D eigenvalue weighted by atomic mass is 10.1. The number of sulfone groups is 1. The Morgan fingerprint density at radius 2 is 2.32 bits per heavy atom. The van der Waals surface area contributed by atoms with Gasteiger partial charge in [-0.25, -0.2) is 8.42 Å². The van der Waals surface area contributed by atoms with E-state index in [0.29, 0.717) is 25.3 Å². The molecule has 1 aromatic rings. The van der Waals surface area contributed by atoms with Crippen molar-refractivity contribution in [2.75, 3.05) is 18.8 Å². The molecule has 2 saturated heterocycles. The normalized spacial score (nSPS) is 28.6. The SMILES string of the molecule is Cc1cc(CC(=O)N2C[C@@H]3CCS(=O)(=O)[C@@H]3C2)on1. The molecule has 3 rings (SSSR count). The van der Waals surface area contributed by atoms with Crippen LogP contribution in [0, 0.1) is 12.8 Å². The molecular formula is C12H16N2O4S. The second kappa shape index (κ2) is 4.33. The minimum absolute atomic E-state index is 0.0826. The molecule has 0 bridgehead atoms. The summed E-state index contributed by atoms with van der Waals surface area (Å²) in [4.78, 5) is 13.8. The van der Waals surface area contributed by atoms with Crippen molar-refractivity contribution in [3.8, 4) is 0 Å². The second-order valence-electron chi connectivity index (χ2n) is 5.36. The van der Waals surface area contributed by atoms with E-state index >= 15 is 0 Å². The van der Waals surface area contributed by atoms with Crippen LogP contribution in [-0.4, -0.2) is 48.5 Å². The highest BCUT2D eigenvalue weighted by atomic mass is 32.2. The number of carbonyl (C=O) groups excluding carboxylic acids is 1. The molecule has 0 saturated carbocycles. The van der Waals surface area contributed by atoms with Crippen molar-refractivity contribution in [1.82, 2.24) is 10.1 Å². The topological polar surface area (TPSA) is 80.5 Å². The zero-order valence-electron chi connectivity index (χ0n) is 10.7. The predicted molar refractivity (Wildman–Crippen MR) is 67.2 cm³/mol. The van der Waals surface area contributed by atoms with Crippen LogP contribution in [0.15, 0.2) is 10.6 Å². The summed E-state index contributed by atoms with van der Waals surface area (Å²) in [6, 6.07) is 1.73. The van der Waals surface area contributed by atoms with Gasteiger partial charge in [-0.15, -0.1) is 0 Å². The number of fused-ring (bicyclic) bond motifs is 1. The molecule has 0 N–H and O–H groups in total. The van der Waals surface area contributed by atoms with E-state index < -0.39 is 9.84 Å². The number of amides is 1. The van der Waals surface area contributed by atoms with Crippen LogP contribution in [0.5, 0.6) is 0 Å². The quantitative estimate of drug-likeness (QED) is 0.773. The lowest BCUT2D eigenvalue weighted by Gasteiger charge is -2.16. The summed E-state index contributed by atoms with van der Waals surface area (Å²) in [7, 11) is -2.99. The summed E-state index contributed by atoms with van der Waals surface area (Å²) < 4.78 is 28.6. The number of aryl methyl sites for hydroxylation is 1. The summed E-state index contributed by atoms with van der Waals surface area (Å²) in [6.07, 6.45) is 0.832. The number of likely N-dealkylation sites (tertiary alicyclic amines) is 1. The van der Waals surface area contributed by atoms with Gasteiger partial charge in [-0.3, -0.25) is 4.79 Å². The van der Waals surface area contributed by atoms with Crippen molar-refractivity contribution in [2.24, 2.45) is 5.92 Å². The van der Waals surface area contributed by atoms with Crippen molar-refractivity contribution in [3.05, 3.63) is 17.5 Å². The summed E-state index contributed by atoms with van der Waals surface area (Å²) in [5.41, 5.74) is 0.740. The molecule has 2 fully saturated rings. The van der Waals surface area contributed by atoms with Gasteiger partial charge in [0.2, 0.25) is 5.91 Å². The van der Waals surface area contributed by atoms with E-state index in [4.69, 9.17) is 4.52 Å². The first-order valence-corrected chi connectivity index (χ1v) is 8.09. The third-order valence-corrected chi connectivity index (χ3v) is 6.23. The van der Waals surface area contributed by atoms with Crippen LogP contribution in [-0.2, 0) is 21.1 Å². The third kappa shape index (κ3) is 2.27. The van der Waals surface area contributed by atoms with Crippen LogP contribution >= 0.6 is 0 Å². The number of hydrogen-bond donors (Lipinski definition) is 0. The molecule has 19 heavy (non-hydrogen) atoms. The van der Waals surface area contributed by atoms with Gasteiger partial charge in [0, 0.05) is 19.2 Å². The number of aromatic nitrogens is 1. The van der Waals surface area contributed by atoms with Crippen LogP contribution in [0.2, 0.25) is 0 Å². The van der Waals surface area contributed by atoms with Crippen molar-refractivity contribution in [2.45, 2.75) is 25.0 Å². The smallest absolute Gasteiger partial charge is 0.230 e. The van der Waals surface area contributed by atoms with Gasteiger partial charge >= 0.3 is 0 Å². The molecule has 2 aliphatic rings. The summed E-state index contributed by atoms with van der Waals surface area (Å²) in [6.45, 7) is 2.68. The fourth-order valence-electron chi connectivity index (χ4n) is 2.96. The van der Waals surface area contributed by atoms with Gasteiger partial charge in [-0.1, -0.05) is 5.16 Å². The molecule has 7 heteroatoms. The molecule has 2 aliphatic heterocycles. The molecule has 3 heterocycles. The van der Waals surface area contributed by atoms with Gasteiger partial charge in [-0.05, 0) is 19.3 Å². The fraction of sp³-hybridized carbons (Fsp3) is 0.667. The molecule has 0 spiro atoms. The van der Waals surface area contributed by atoms with Crippen LogP contribution in [0.1, 0.15) is 17.9 Å². The van der Waals surface area contributed by atoms with E-state index in [2.05, 4.69) is 5.16 Å². The van der Waals surface area contributed by atoms with Gasteiger partial charge in [0.25, 0.3) is 0 Å². The third-order valence-electron chi connectivity index (χ3n) is 3.97. The molecule has 0 aliphatic carbocycles. The van der Waals surface area contributed by atoms with Crippen molar-refractivity contribution in [3.63, 3.8) is 0 Å². The van der Waals surface area contributed by atoms with E-state index in [1.54, 1.807) is 17.9 Å². The average molecular weight is 284 g/mol. The van der Waals surface area contributed by atoms with Gasteiger partial charge in [0.1, 0.15) is 5.76 Å². The second-order valence-corrected chi connectivity index (χ2v) is 7.70. The van der Waals surface area contributed by atoms with E-state index in [9.17, 15) is 13.2 Å². The van der Waals surface area contributed by atoms with Crippen LogP contribution < -0.4 is 0 Å². The first kappa shape index (κ1) is 12.7. The number of rotatable bonds is 2. The Kier molecular flexibility index (Phi) is 2.88. The Hall–Kier alpha value is -1.37. The molecule has 1 amide bonds. The summed E-state index contributed by atoms with van der Waals surface area (Å²) in [5, 5.41) is 3.38. The van der Waals surface area contributed by atoms with Gasteiger partial charge < -0.3 is 9.42 Å². The highest BCUT2D eigenvalue weighted by Gasteiger charge is 2.47. The number of hydrogen-bond acceptors (Lipinski definition) is 5. The molecule has 104 valence electrons. The first-order valence-electron chi connectivity index (χ1n) is 6.37. The number of carbonyl (C=O) groups is 1. The van der Waals surface area contributed by atoms with E-state index in [0.717, 1.165) is 5.69 Å². The minimum atomic E-state index is -2.99. The highest BCUT2D eigenvalue weighted by Crippen LogP contribution is 2.33. The molecule has 6 nitrogen and oxygen atoms in total. The Labute approximate surface area is 111 Å². The molecular weight excluding hydrogens is 268 g/mol. The van der Waals surface area contributed by atoms with Crippen molar-refractivity contribution in [1.29, 1.82) is 0 Å². The lowest BCUT2D eigenvalue weighted by Crippen LogP contribution is -2.33. The monoisotopic (exact) mass is 284 g/mol. The Balaban J connectivity index is 1.67. The van der Waals surface area contributed by atoms with Crippen molar-refractivity contribution >= 4 is 15.7 Å². The minimum Gasteiger partial charge on any atom is -0.361 e. The Morgan fingerprint density at radius 3 is 2.95 bits per heavy atom. The maximum Gasteiger partial charge on any atom is 0.230 e. The zero-order valence-corrected chi connectivity index (χ0v) is 11.5. The summed E-state index contributed by atoms with van der Waals surface area (Å²) in [5.74, 6) is 0.833. The van der Waals surface area contributed by atoms with Crippen LogP contribution in [0.3, 0.4) is 0 Å². The predicted octanol–water partition coefficient (Wildman–Crippen LogP) is 0.171. The van der Waals surface area contributed by atoms with Crippen molar-refractivity contribution < 1.29 is 17.7 Å². The molecule has 0 unspecified atom stereocenters. The first-order chi connectivity index (χ1) is 8.95. The maximum absolute atomic E-state index is 12.1. The molecule has 1 aromatic heterocycles. The average Bonchev–Trinajstić information content (AvgIpc) is 2.98. The van der Waals surface area contributed by atoms with E-state index in [-0.39, 0.29) is 29.2 Å². The van der Waals surface area contributed by atoms with E-state index in [1.807, 2.05) is 0 Å². The Morgan fingerprint density at radius 1 is 1.53 bits per heavy atom. The van der Waals surface area contributed by atoms with Gasteiger partial charge in [0.15, 0.2) is 9.84 Å². The number of nitrogens with zero attached hydrogens (tertiary/aromatic N) is 2.